The molecule has 0 bridgehead atoms. The second kappa shape index (κ2) is 3.43. The maximum absolute atomic E-state index is 5.74. The minimum absolute atomic E-state index is 0.630. The smallest absolute Gasteiger partial charge is 0.00831 e. The van der Waals surface area contributed by atoms with Crippen LogP contribution in [0.1, 0.15) is 30.2 Å². The van der Waals surface area contributed by atoms with Gasteiger partial charge in [-0.05, 0) is 47.7 Å². The largest absolute Gasteiger partial charge is 0.330 e. The van der Waals surface area contributed by atoms with Crippen LogP contribution in [0.5, 0.6) is 0 Å². The highest BCUT2D eigenvalue weighted by molar-refractivity contribution is 7.10. The number of fused-ring (bicyclic) bond motifs is 1. The Balaban J connectivity index is 2.28. The maximum atomic E-state index is 5.74. The van der Waals surface area contributed by atoms with Crippen molar-refractivity contribution in [1.29, 1.82) is 0 Å². The first kappa shape index (κ1) is 9.22. The molecule has 2 rings (SSSR count). The normalized spacial score (nSPS) is 28.8. The quantitative estimate of drug-likeness (QED) is 0.771. The summed E-state index contributed by atoms with van der Waals surface area (Å²) in [6.07, 6.45) is 1.27. The Labute approximate surface area is 84.0 Å². The zero-order valence-corrected chi connectivity index (χ0v) is 9.10. The molecule has 1 aromatic rings. The summed E-state index contributed by atoms with van der Waals surface area (Å²) in [7, 11) is 0. The third kappa shape index (κ3) is 1.42. The van der Waals surface area contributed by atoms with E-state index < -0.39 is 0 Å². The fraction of sp³-hybridized carbons (Fsp3) is 0.636. The van der Waals surface area contributed by atoms with Crippen molar-refractivity contribution in [2.75, 3.05) is 6.54 Å². The highest BCUT2D eigenvalue weighted by atomic mass is 32.1. The van der Waals surface area contributed by atoms with Gasteiger partial charge in [-0.25, -0.2) is 0 Å². The van der Waals surface area contributed by atoms with E-state index in [-0.39, 0.29) is 0 Å². The Morgan fingerprint density at radius 3 is 3.15 bits per heavy atom. The van der Waals surface area contributed by atoms with Gasteiger partial charge in [0.1, 0.15) is 0 Å². The number of nitrogens with two attached hydrogens (primary N) is 1. The van der Waals surface area contributed by atoms with Gasteiger partial charge < -0.3 is 5.73 Å². The molecule has 0 saturated heterocycles. The average molecular weight is 195 g/mol. The molecule has 1 aliphatic rings. The van der Waals surface area contributed by atoms with Gasteiger partial charge in [0.25, 0.3) is 0 Å². The molecule has 3 atom stereocenters. The molecule has 72 valence electrons. The summed E-state index contributed by atoms with van der Waals surface area (Å²) in [6, 6.07) is 2.29. The van der Waals surface area contributed by atoms with Gasteiger partial charge in [0, 0.05) is 4.88 Å². The van der Waals surface area contributed by atoms with E-state index in [4.69, 9.17) is 5.73 Å². The highest BCUT2D eigenvalue weighted by Gasteiger charge is 2.33. The molecule has 0 aliphatic heterocycles. The first-order valence-electron chi connectivity index (χ1n) is 5.00. The molecule has 0 fully saturated rings. The van der Waals surface area contributed by atoms with Gasteiger partial charge in [0.2, 0.25) is 0 Å². The first-order valence-corrected chi connectivity index (χ1v) is 5.88. The van der Waals surface area contributed by atoms with Crippen molar-refractivity contribution in [3.05, 3.63) is 21.9 Å². The van der Waals surface area contributed by atoms with Gasteiger partial charge in [-0.2, -0.15) is 0 Å². The van der Waals surface area contributed by atoms with Crippen LogP contribution in [-0.2, 0) is 6.42 Å². The van der Waals surface area contributed by atoms with Crippen molar-refractivity contribution in [2.24, 2.45) is 17.6 Å². The van der Waals surface area contributed by atoms with E-state index in [1.807, 2.05) is 11.3 Å². The van der Waals surface area contributed by atoms with Crippen molar-refractivity contribution >= 4 is 11.3 Å². The first-order chi connectivity index (χ1) is 6.24. The molecular weight excluding hydrogens is 178 g/mol. The second-order valence-corrected chi connectivity index (χ2v) is 5.22. The van der Waals surface area contributed by atoms with E-state index in [0.29, 0.717) is 11.8 Å². The molecule has 0 saturated carbocycles. The van der Waals surface area contributed by atoms with E-state index in [1.165, 1.54) is 6.42 Å². The Morgan fingerprint density at radius 2 is 2.46 bits per heavy atom. The average Bonchev–Trinajstić information content (AvgIpc) is 2.62. The van der Waals surface area contributed by atoms with Gasteiger partial charge in [-0.1, -0.05) is 13.8 Å². The third-order valence-corrected chi connectivity index (χ3v) is 4.20. The van der Waals surface area contributed by atoms with Crippen molar-refractivity contribution < 1.29 is 0 Å². The molecule has 1 heterocycles. The minimum atomic E-state index is 0.630. The van der Waals surface area contributed by atoms with Gasteiger partial charge in [-0.15, -0.1) is 11.3 Å². The summed E-state index contributed by atoms with van der Waals surface area (Å²) in [4.78, 5) is 1.60. The van der Waals surface area contributed by atoms with Crippen LogP contribution in [0.15, 0.2) is 11.4 Å². The van der Waals surface area contributed by atoms with Crippen molar-refractivity contribution in [2.45, 2.75) is 26.2 Å². The number of hydrogen-bond acceptors (Lipinski definition) is 2. The van der Waals surface area contributed by atoms with Crippen LogP contribution < -0.4 is 5.73 Å². The van der Waals surface area contributed by atoms with E-state index in [1.54, 1.807) is 10.4 Å². The molecule has 0 spiro atoms. The van der Waals surface area contributed by atoms with Gasteiger partial charge >= 0.3 is 0 Å². The maximum Gasteiger partial charge on any atom is 0.00831 e. The van der Waals surface area contributed by atoms with E-state index in [2.05, 4.69) is 25.3 Å². The summed E-state index contributed by atoms with van der Waals surface area (Å²) in [5.74, 6) is 2.14. The summed E-state index contributed by atoms with van der Waals surface area (Å²) < 4.78 is 0. The lowest BCUT2D eigenvalue weighted by atomic mass is 9.83. The minimum Gasteiger partial charge on any atom is -0.330 e. The SMILES string of the molecule is CC(CN)C1c2ccsc2CC1C. The lowest BCUT2D eigenvalue weighted by Gasteiger charge is -2.22. The molecule has 1 aliphatic carbocycles. The molecule has 3 unspecified atom stereocenters. The van der Waals surface area contributed by atoms with Crippen LogP contribution in [-0.4, -0.2) is 6.54 Å². The predicted molar refractivity (Wildman–Crippen MR) is 58.1 cm³/mol. The van der Waals surface area contributed by atoms with E-state index in [9.17, 15) is 0 Å². The van der Waals surface area contributed by atoms with Crippen LogP contribution in [0, 0.1) is 11.8 Å². The molecule has 1 nitrogen and oxygen atoms in total. The summed E-state index contributed by atoms with van der Waals surface area (Å²) in [6.45, 7) is 5.43. The van der Waals surface area contributed by atoms with Crippen LogP contribution in [0.4, 0.5) is 0 Å². The van der Waals surface area contributed by atoms with E-state index in [0.717, 1.165) is 12.5 Å². The summed E-state index contributed by atoms with van der Waals surface area (Å²) in [5, 5.41) is 2.22. The molecular formula is C11H17NS. The summed E-state index contributed by atoms with van der Waals surface area (Å²) in [5.41, 5.74) is 7.32. The van der Waals surface area contributed by atoms with Crippen LogP contribution in [0.25, 0.3) is 0 Å². The molecule has 0 aromatic carbocycles. The van der Waals surface area contributed by atoms with Gasteiger partial charge in [0.15, 0.2) is 0 Å². The van der Waals surface area contributed by atoms with Crippen LogP contribution in [0.3, 0.4) is 0 Å². The van der Waals surface area contributed by atoms with Crippen molar-refractivity contribution in [1.82, 2.24) is 0 Å². The Hall–Kier alpha value is -0.340. The monoisotopic (exact) mass is 195 g/mol. The van der Waals surface area contributed by atoms with Crippen LogP contribution in [0.2, 0.25) is 0 Å². The third-order valence-electron chi connectivity index (χ3n) is 3.24. The Bertz CT molecular complexity index is 292. The number of rotatable bonds is 2. The highest BCUT2D eigenvalue weighted by Crippen LogP contribution is 2.44. The Kier molecular flexibility index (Phi) is 2.43. The van der Waals surface area contributed by atoms with Gasteiger partial charge in [-0.3, -0.25) is 0 Å². The molecule has 2 heteroatoms. The number of hydrogen-bond donors (Lipinski definition) is 1. The molecule has 1 aromatic heterocycles. The fourth-order valence-electron chi connectivity index (χ4n) is 2.55. The topological polar surface area (TPSA) is 26.0 Å². The molecule has 0 radical (unpaired) electrons. The van der Waals surface area contributed by atoms with Crippen LogP contribution >= 0.6 is 11.3 Å². The molecule has 0 amide bonds. The fourth-order valence-corrected chi connectivity index (χ4v) is 3.63. The summed E-state index contributed by atoms with van der Waals surface area (Å²) >= 11 is 1.91. The zero-order chi connectivity index (χ0) is 9.42. The lowest BCUT2D eigenvalue weighted by molar-refractivity contribution is 0.376. The molecule has 2 N–H and O–H groups in total. The second-order valence-electron chi connectivity index (χ2n) is 4.22. The standard InChI is InChI=1S/C11H17NS/c1-7-5-10-9(3-4-13-10)11(7)8(2)6-12/h3-4,7-8,11H,5-6,12H2,1-2H3. The molecule has 13 heavy (non-hydrogen) atoms. The lowest BCUT2D eigenvalue weighted by Crippen LogP contribution is -2.21. The van der Waals surface area contributed by atoms with Crippen molar-refractivity contribution in [3.8, 4) is 0 Å². The zero-order valence-electron chi connectivity index (χ0n) is 8.29. The van der Waals surface area contributed by atoms with E-state index >= 15 is 0 Å². The Morgan fingerprint density at radius 1 is 1.69 bits per heavy atom. The van der Waals surface area contributed by atoms with Gasteiger partial charge in [0.05, 0.1) is 0 Å². The number of thiophene rings is 1. The predicted octanol–water partition coefficient (Wildman–Crippen LogP) is 2.62. The van der Waals surface area contributed by atoms with Crippen molar-refractivity contribution in [3.63, 3.8) is 0 Å².